The third-order valence-electron chi connectivity index (χ3n) is 2.35. The summed E-state index contributed by atoms with van der Waals surface area (Å²) in [5, 5.41) is 2.73. The number of hydrogen-bond acceptors (Lipinski definition) is 2. The summed E-state index contributed by atoms with van der Waals surface area (Å²) in [4.78, 5) is 11.4. The average Bonchev–Trinajstić information content (AvgIpc) is 2.25. The Morgan fingerprint density at radius 1 is 1.40 bits per heavy atom. The smallest absolute Gasteiger partial charge is 0.249 e. The van der Waals surface area contributed by atoms with Crippen molar-refractivity contribution in [3.8, 4) is 0 Å². The molecule has 1 fully saturated rings. The number of nitrogens with one attached hydrogen (secondary N) is 1. The van der Waals surface area contributed by atoms with Gasteiger partial charge in [-0.1, -0.05) is 12.1 Å². The Balaban J connectivity index is 2.01. The molecular formula is C11H12FNO2. The SMILES string of the molecule is O=C1NCCO[C@@H]1Cc1ccc(F)cc1. The first-order chi connectivity index (χ1) is 7.25. The first-order valence-corrected chi connectivity index (χ1v) is 4.89. The molecule has 1 amide bonds. The molecule has 1 aliphatic rings. The monoisotopic (exact) mass is 209 g/mol. The zero-order chi connectivity index (χ0) is 10.7. The number of ether oxygens (including phenoxy) is 1. The molecular weight excluding hydrogens is 197 g/mol. The van der Waals surface area contributed by atoms with E-state index < -0.39 is 6.10 Å². The third-order valence-corrected chi connectivity index (χ3v) is 2.35. The van der Waals surface area contributed by atoms with E-state index in [1.807, 2.05) is 0 Å². The maximum absolute atomic E-state index is 12.6. The van der Waals surface area contributed by atoms with E-state index in [1.54, 1.807) is 12.1 Å². The van der Waals surface area contributed by atoms with Gasteiger partial charge in [0.1, 0.15) is 11.9 Å². The van der Waals surface area contributed by atoms with Crippen LogP contribution in [0.5, 0.6) is 0 Å². The zero-order valence-electron chi connectivity index (χ0n) is 8.20. The Labute approximate surface area is 87.2 Å². The van der Waals surface area contributed by atoms with Crippen LogP contribution in [0.25, 0.3) is 0 Å². The maximum atomic E-state index is 12.6. The molecule has 15 heavy (non-hydrogen) atoms. The molecule has 2 rings (SSSR count). The second-order valence-electron chi connectivity index (χ2n) is 3.48. The minimum Gasteiger partial charge on any atom is -0.366 e. The van der Waals surface area contributed by atoms with Gasteiger partial charge < -0.3 is 10.1 Å². The molecule has 1 N–H and O–H groups in total. The lowest BCUT2D eigenvalue weighted by Crippen LogP contribution is -2.45. The summed E-state index contributed by atoms with van der Waals surface area (Å²) in [6, 6.07) is 6.10. The van der Waals surface area contributed by atoms with Crippen LogP contribution in [0.1, 0.15) is 5.56 Å². The van der Waals surface area contributed by atoms with E-state index >= 15 is 0 Å². The summed E-state index contributed by atoms with van der Waals surface area (Å²) in [7, 11) is 0. The van der Waals surface area contributed by atoms with Crippen molar-refractivity contribution in [2.75, 3.05) is 13.2 Å². The van der Waals surface area contributed by atoms with E-state index in [0.29, 0.717) is 19.6 Å². The summed E-state index contributed by atoms with van der Waals surface area (Å²) in [6.07, 6.45) is 0.0516. The van der Waals surface area contributed by atoms with Gasteiger partial charge in [-0.25, -0.2) is 4.39 Å². The van der Waals surface area contributed by atoms with E-state index in [-0.39, 0.29) is 11.7 Å². The highest BCUT2D eigenvalue weighted by Crippen LogP contribution is 2.09. The molecule has 0 saturated carbocycles. The predicted molar refractivity (Wildman–Crippen MR) is 52.9 cm³/mol. The van der Waals surface area contributed by atoms with Gasteiger partial charge in [0.2, 0.25) is 5.91 Å². The van der Waals surface area contributed by atoms with Crippen LogP contribution in [0.15, 0.2) is 24.3 Å². The van der Waals surface area contributed by atoms with Crippen LogP contribution in [-0.2, 0) is 16.0 Å². The summed E-state index contributed by atoms with van der Waals surface area (Å²) < 4.78 is 17.9. The number of amides is 1. The topological polar surface area (TPSA) is 38.3 Å². The number of benzene rings is 1. The zero-order valence-corrected chi connectivity index (χ0v) is 8.20. The quantitative estimate of drug-likeness (QED) is 0.785. The highest BCUT2D eigenvalue weighted by atomic mass is 19.1. The van der Waals surface area contributed by atoms with Crippen molar-refractivity contribution < 1.29 is 13.9 Å². The molecule has 1 aromatic rings. The first kappa shape index (κ1) is 10.1. The Morgan fingerprint density at radius 2 is 2.13 bits per heavy atom. The molecule has 3 nitrogen and oxygen atoms in total. The summed E-state index contributed by atoms with van der Waals surface area (Å²) in [5.74, 6) is -0.363. The van der Waals surface area contributed by atoms with Crippen molar-refractivity contribution in [2.45, 2.75) is 12.5 Å². The van der Waals surface area contributed by atoms with Crippen LogP contribution in [0.2, 0.25) is 0 Å². The Hall–Kier alpha value is -1.42. The number of morpholine rings is 1. The van der Waals surface area contributed by atoms with E-state index in [4.69, 9.17) is 4.74 Å². The van der Waals surface area contributed by atoms with Gasteiger partial charge in [-0.05, 0) is 17.7 Å². The molecule has 0 radical (unpaired) electrons. The highest BCUT2D eigenvalue weighted by molar-refractivity contribution is 5.81. The summed E-state index contributed by atoms with van der Waals surface area (Å²) >= 11 is 0. The molecule has 1 aliphatic heterocycles. The fourth-order valence-electron chi connectivity index (χ4n) is 1.55. The summed E-state index contributed by atoms with van der Waals surface area (Å²) in [6.45, 7) is 1.11. The molecule has 0 unspecified atom stereocenters. The molecule has 0 bridgehead atoms. The van der Waals surface area contributed by atoms with Gasteiger partial charge in [-0.2, -0.15) is 0 Å². The van der Waals surface area contributed by atoms with E-state index in [1.165, 1.54) is 12.1 Å². The van der Waals surface area contributed by atoms with Crippen molar-refractivity contribution in [2.24, 2.45) is 0 Å². The average molecular weight is 209 g/mol. The number of halogens is 1. The van der Waals surface area contributed by atoms with Gasteiger partial charge in [0.15, 0.2) is 0 Å². The lowest BCUT2D eigenvalue weighted by Gasteiger charge is -2.22. The van der Waals surface area contributed by atoms with Crippen molar-refractivity contribution in [3.63, 3.8) is 0 Å². The molecule has 80 valence electrons. The molecule has 0 aliphatic carbocycles. The summed E-state index contributed by atoms with van der Waals surface area (Å²) in [5.41, 5.74) is 0.901. The van der Waals surface area contributed by atoms with E-state index in [0.717, 1.165) is 5.56 Å². The third kappa shape index (κ3) is 2.53. The van der Waals surface area contributed by atoms with Gasteiger partial charge in [0, 0.05) is 13.0 Å². The van der Waals surface area contributed by atoms with E-state index in [2.05, 4.69) is 5.32 Å². The molecule has 0 spiro atoms. The fraction of sp³-hybridized carbons (Fsp3) is 0.364. The maximum Gasteiger partial charge on any atom is 0.249 e. The minimum absolute atomic E-state index is 0.0921. The molecule has 1 saturated heterocycles. The van der Waals surface area contributed by atoms with Gasteiger partial charge in [0.25, 0.3) is 0 Å². The van der Waals surface area contributed by atoms with E-state index in [9.17, 15) is 9.18 Å². The van der Waals surface area contributed by atoms with Crippen LogP contribution < -0.4 is 5.32 Å². The van der Waals surface area contributed by atoms with Crippen LogP contribution in [0.3, 0.4) is 0 Å². The lowest BCUT2D eigenvalue weighted by molar-refractivity contribution is -0.137. The van der Waals surface area contributed by atoms with Crippen molar-refractivity contribution in [3.05, 3.63) is 35.6 Å². The van der Waals surface area contributed by atoms with Crippen LogP contribution >= 0.6 is 0 Å². The second kappa shape index (κ2) is 4.40. The molecule has 1 aromatic carbocycles. The van der Waals surface area contributed by atoms with Crippen molar-refractivity contribution >= 4 is 5.91 Å². The van der Waals surface area contributed by atoms with Gasteiger partial charge >= 0.3 is 0 Å². The Bertz CT molecular complexity index is 350. The number of hydrogen-bond donors (Lipinski definition) is 1. The predicted octanol–water partition coefficient (Wildman–Crippen LogP) is 0.883. The fourth-order valence-corrected chi connectivity index (χ4v) is 1.55. The van der Waals surface area contributed by atoms with Crippen LogP contribution in [0.4, 0.5) is 4.39 Å². The van der Waals surface area contributed by atoms with Crippen molar-refractivity contribution in [1.82, 2.24) is 5.32 Å². The Kier molecular flexibility index (Phi) is 2.97. The number of carbonyl (C=O) groups excluding carboxylic acids is 1. The second-order valence-corrected chi connectivity index (χ2v) is 3.48. The van der Waals surface area contributed by atoms with Gasteiger partial charge in [0.05, 0.1) is 6.61 Å². The normalized spacial score (nSPS) is 21.1. The number of carbonyl (C=O) groups is 1. The number of rotatable bonds is 2. The largest absolute Gasteiger partial charge is 0.366 e. The molecule has 4 heteroatoms. The van der Waals surface area contributed by atoms with Gasteiger partial charge in [-0.15, -0.1) is 0 Å². The molecule has 1 heterocycles. The lowest BCUT2D eigenvalue weighted by atomic mass is 10.1. The highest BCUT2D eigenvalue weighted by Gasteiger charge is 2.22. The molecule has 0 aromatic heterocycles. The van der Waals surface area contributed by atoms with Crippen molar-refractivity contribution in [1.29, 1.82) is 0 Å². The van der Waals surface area contributed by atoms with Gasteiger partial charge in [-0.3, -0.25) is 4.79 Å². The standard InChI is InChI=1S/C11H12FNO2/c12-9-3-1-8(2-4-9)7-10-11(14)13-5-6-15-10/h1-4,10H,5-7H2,(H,13,14)/t10-/m1/s1. The molecule has 1 atom stereocenters. The Morgan fingerprint density at radius 3 is 2.80 bits per heavy atom. The first-order valence-electron chi connectivity index (χ1n) is 4.89. The van der Waals surface area contributed by atoms with Crippen LogP contribution in [-0.4, -0.2) is 25.2 Å². The van der Waals surface area contributed by atoms with Crippen LogP contribution in [0, 0.1) is 5.82 Å². The minimum atomic E-state index is -0.441.